The molecule has 1 fully saturated rings. The Labute approximate surface area is 195 Å². The van der Waals surface area contributed by atoms with Crippen LogP contribution < -0.4 is 4.90 Å². The van der Waals surface area contributed by atoms with Crippen molar-refractivity contribution >= 4 is 23.3 Å². The van der Waals surface area contributed by atoms with E-state index >= 15 is 0 Å². The lowest BCUT2D eigenvalue weighted by Gasteiger charge is -2.26. The summed E-state index contributed by atoms with van der Waals surface area (Å²) in [6, 6.07) is 15.8. The van der Waals surface area contributed by atoms with E-state index in [1.807, 2.05) is 55.1 Å². The topological polar surface area (TPSA) is 49.3 Å². The smallest absolute Gasteiger partial charge is 0.254 e. The molecule has 5 nitrogen and oxygen atoms in total. The normalized spacial score (nSPS) is 14.4. The van der Waals surface area contributed by atoms with E-state index in [2.05, 4.69) is 28.9 Å². The SMILES string of the molecule is Cc1nc(C)c(Cc2ccc(Cl)cc2)c(N2CCCN(C(=O)c3ccccc3C)CC2)n1. The van der Waals surface area contributed by atoms with Crippen LogP contribution in [0.2, 0.25) is 5.02 Å². The van der Waals surface area contributed by atoms with Crippen molar-refractivity contribution in [2.75, 3.05) is 31.1 Å². The molecule has 32 heavy (non-hydrogen) atoms. The summed E-state index contributed by atoms with van der Waals surface area (Å²) in [4.78, 5) is 26.9. The minimum atomic E-state index is 0.112. The largest absolute Gasteiger partial charge is 0.354 e. The van der Waals surface area contributed by atoms with Crippen molar-refractivity contribution in [3.05, 3.63) is 87.3 Å². The predicted octanol–water partition coefficient (Wildman–Crippen LogP) is 5.00. The number of nitrogens with zero attached hydrogens (tertiary/aromatic N) is 4. The van der Waals surface area contributed by atoms with Gasteiger partial charge in [0.2, 0.25) is 0 Å². The van der Waals surface area contributed by atoms with Gasteiger partial charge < -0.3 is 9.80 Å². The van der Waals surface area contributed by atoms with Gasteiger partial charge in [-0.15, -0.1) is 0 Å². The molecule has 166 valence electrons. The van der Waals surface area contributed by atoms with Crippen LogP contribution in [0, 0.1) is 20.8 Å². The summed E-state index contributed by atoms with van der Waals surface area (Å²) in [6.07, 6.45) is 1.65. The van der Waals surface area contributed by atoms with Crippen LogP contribution in [-0.4, -0.2) is 47.0 Å². The third-order valence-electron chi connectivity index (χ3n) is 6.06. The van der Waals surface area contributed by atoms with Crippen molar-refractivity contribution in [2.24, 2.45) is 0 Å². The highest BCUT2D eigenvalue weighted by Gasteiger charge is 2.24. The Balaban J connectivity index is 1.57. The zero-order valence-corrected chi connectivity index (χ0v) is 19.7. The number of carbonyl (C=O) groups excluding carboxylic acids is 1. The molecule has 0 N–H and O–H groups in total. The summed E-state index contributed by atoms with van der Waals surface area (Å²) in [5, 5.41) is 0.733. The molecule has 6 heteroatoms. The molecule has 1 saturated heterocycles. The lowest BCUT2D eigenvalue weighted by atomic mass is 10.0. The van der Waals surface area contributed by atoms with Crippen molar-refractivity contribution < 1.29 is 4.79 Å². The molecule has 4 rings (SSSR count). The average molecular weight is 449 g/mol. The molecule has 0 radical (unpaired) electrons. The zero-order valence-electron chi connectivity index (χ0n) is 18.9. The number of hydrogen-bond acceptors (Lipinski definition) is 4. The van der Waals surface area contributed by atoms with Gasteiger partial charge in [0.05, 0.1) is 0 Å². The minimum Gasteiger partial charge on any atom is -0.354 e. The molecule has 1 amide bonds. The van der Waals surface area contributed by atoms with E-state index in [0.29, 0.717) is 6.54 Å². The molecule has 2 heterocycles. The van der Waals surface area contributed by atoms with E-state index in [9.17, 15) is 4.79 Å². The number of benzene rings is 2. The molecule has 0 aliphatic carbocycles. The van der Waals surface area contributed by atoms with Crippen LogP contribution in [-0.2, 0) is 6.42 Å². The van der Waals surface area contributed by atoms with Crippen molar-refractivity contribution in [3.8, 4) is 0 Å². The maximum Gasteiger partial charge on any atom is 0.254 e. The summed E-state index contributed by atoms with van der Waals surface area (Å²) < 4.78 is 0. The highest BCUT2D eigenvalue weighted by atomic mass is 35.5. The third-order valence-corrected chi connectivity index (χ3v) is 6.31. The third kappa shape index (κ3) is 4.94. The van der Waals surface area contributed by atoms with Crippen molar-refractivity contribution in [1.29, 1.82) is 0 Å². The van der Waals surface area contributed by atoms with Crippen LogP contribution in [0.1, 0.15) is 45.0 Å². The lowest BCUT2D eigenvalue weighted by molar-refractivity contribution is 0.0766. The van der Waals surface area contributed by atoms with Gasteiger partial charge in [0.25, 0.3) is 5.91 Å². The summed E-state index contributed by atoms with van der Waals surface area (Å²) in [5.41, 5.74) is 5.12. The Hall–Kier alpha value is -2.92. The minimum absolute atomic E-state index is 0.112. The molecule has 3 aromatic rings. The molecule has 2 aromatic carbocycles. The number of hydrogen-bond donors (Lipinski definition) is 0. The standard InChI is InChI=1S/C26H29ClN4O/c1-18-7-4-5-8-23(18)26(32)31-14-6-13-30(15-16-31)25-24(19(2)28-20(3)29-25)17-21-9-11-22(27)12-10-21/h4-5,7-12H,6,13-17H2,1-3H3. The number of rotatable bonds is 4. The molecule has 0 spiro atoms. The van der Waals surface area contributed by atoms with Crippen LogP contribution in [0.4, 0.5) is 5.82 Å². The van der Waals surface area contributed by atoms with Crippen LogP contribution in [0.5, 0.6) is 0 Å². The number of aryl methyl sites for hydroxylation is 3. The summed E-state index contributed by atoms with van der Waals surface area (Å²) >= 11 is 6.07. The lowest BCUT2D eigenvalue weighted by Crippen LogP contribution is -2.36. The number of anilines is 1. The second-order valence-electron chi connectivity index (χ2n) is 8.41. The van der Waals surface area contributed by atoms with Crippen LogP contribution in [0.15, 0.2) is 48.5 Å². The number of aromatic nitrogens is 2. The Morgan fingerprint density at radius 2 is 1.69 bits per heavy atom. The summed E-state index contributed by atoms with van der Waals surface area (Å²) in [7, 11) is 0. The zero-order chi connectivity index (χ0) is 22.7. The Morgan fingerprint density at radius 3 is 2.44 bits per heavy atom. The fourth-order valence-corrected chi connectivity index (χ4v) is 4.43. The van der Waals surface area contributed by atoms with E-state index in [0.717, 1.165) is 71.5 Å². The summed E-state index contributed by atoms with van der Waals surface area (Å²) in [5.74, 6) is 1.87. The quantitative estimate of drug-likeness (QED) is 0.563. The first kappa shape index (κ1) is 22.3. The Bertz CT molecular complexity index is 1110. The molecule has 0 unspecified atom stereocenters. The highest BCUT2D eigenvalue weighted by molar-refractivity contribution is 6.30. The first-order valence-corrected chi connectivity index (χ1v) is 11.5. The van der Waals surface area contributed by atoms with Gasteiger partial charge in [-0.1, -0.05) is 41.9 Å². The first-order valence-electron chi connectivity index (χ1n) is 11.1. The summed E-state index contributed by atoms with van der Waals surface area (Å²) in [6.45, 7) is 9.02. The molecule has 1 aliphatic rings. The van der Waals surface area contributed by atoms with Gasteiger partial charge in [-0.3, -0.25) is 4.79 Å². The average Bonchev–Trinajstić information content (AvgIpc) is 3.03. The number of amides is 1. The van der Waals surface area contributed by atoms with Crippen LogP contribution >= 0.6 is 11.6 Å². The second-order valence-corrected chi connectivity index (χ2v) is 8.85. The molecular weight excluding hydrogens is 420 g/mol. The predicted molar refractivity (Wildman–Crippen MR) is 130 cm³/mol. The Kier molecular flexibility index (Phi) is 6.75. The molecule has 0 bridgehead atoms. The highest BCUT2D eigenvalue weighted by Crippen LogP contribution is 2.26. The van der Waals surface area contributed by atoms with Crippen molar-refractivity contribution in [3.63, 3.8) is 0 Å². The molecule has 0 atom stereocenters. The molecular formula is C26H29ClN4O. The number of halogens is 1. The maximum atomic E-state index is 13.1. The van der Waals surface area contributed by atoms with E-state index in [-0.39, 0.29) is 5.91 Å². The van der Waals surface area contributed by atoms with Crippen molar-refractivity contribution in [1.82, 2.24) is 14.9 Å². The van der Waals surface area contributed by atoms with E-state index in [4.69, 9.17) is 16.6 Å². The van der Waals surface area contributed by atoms with E-state index in [1.165, 1.54) is 5.56 Å². The van der Waals surface area contributed by atoms with Gasteiger partial charge in [-0.25, -0.2) is 9.97 Å². The van der Waals surface area contributed by atoms with Gasteiger partial charge in [0, 0.05) is 54.4 Å². The van der Waals surface area contributed by atoms with Gasteiger partial charge >= 0.3 is 0 Å². The van der Waals surface area contributed by atoms with Gasteiger partial charge in [-0.2, -0.15) is 0 Å². The van der Waals surface area contributed by atoms with Crippen LogP contribution in [0.3, 0.4) is 0 Å². The molecule has 1 aliphatic heterocycles. The van der Waals surface area contributed by atoms with Crippen LogP contribution in [0.25, 0.3) is 0 Å². The van der Waals surface area contributed by atoms with Gasteiger partial charge in [-0.05, 0) is 56.5 Å². The van der Waals surface area contributed by atoms with Crippen molar-refractivity contribution in [2.45, 2.75) is 33.6 Å². The Morgan fingerprint density at radius 1 is 0.938 bits per heavy atom. The first-order chi connectivity index (χ1) is 15.4. The number of carbonyl (C=O) groups is 1. The van der Waals surface area contributed by atoms with E-state index < -0.39 is 0 Å². The van der Waals surface area contributed by atoms with Gasteiger partial charge in [0.15, 0.2) is 0 Å². The maximum absolute atomic E-state index is 13.1. The molecule has 0 saturated carbocycles. The monoisotopic (exact) mass is 448 g/mol. The van der Waals surface area contributed by atoms with E-state index in [1.54, 1.807) is 0 Å². The molecule has 1 aromatic heterocycles. The fraction of sp³-hybridized carbons (Fsp3) is 0.346. The second kappa shape index (κ2) is 9.70. The fourth-order valence-electron chi connectivity index (χ4n) is 4.31. The van der Waals surface area contributed by atoms with Gasteiger partial charge in [0.1, 0.15) is 11.6 Å².